The summed E-state index contributed by atoms with van der Waals surface area (Å²) in [7, 11) is 0. The van der Waals surface area contributed by atoms with Gasteiger partial charge in [0.25, 0.3) is 0 Å². The minimum absolute atomic E-state index is 0.221. The summed E-state index contributed by atoms with van der Waals surface area (Å²) in [4.78, 5) is 18.9. The Kier molecular flexibility index (Phi) is 4.81. The summed E-state index contributed by atoms with van der Waals surface area (Å²) < 4.78 is 5.54. The van der Waals surface area contributed by atoms with Crippen LogP contribution >= 0.6 is 11.8 Å². The molecule has 1 saturated carbocycles. The van der Waals surface area contributed by atoms with E-state index in [1.807, 2.05) is 35.2 Å². The highest BCUT2D eigenvalue weighted by Crippen LogP contribution is 2.37. The Morgan fingerprint density at radius 2 is 2.12 bits per heavy atom. The molecule has 2 aliphatic rings. The van der Waals surface area contributed by atoms with Crippen LogP contribution in [0.1, 0.15) is 18.5 Å². The zero-order chi connectivity index (χ0) is 17.2. The van der Waals surface area contributed by atoms with Crippen LogP contribution in [-0.4, -0.2) is 40.7 Å². The lowest BCUT2D eigenvalue weighted by molar-refractivity contribution is -0.127. The molecule has 3 atom stereocenters. The average Bonchev–Trinajstić information content (AvgIpc) is 3.34. The Labute approximate surface area is 152 Å². The molecule has 6 heteroatoms. The molecular weight excluding hydrogens is 334 g/mol. The second kappa shape index (κ2) is 7.22. The van der Waals surface area contributed by atoms with Gasteiger partial charge in [-0.2, -0.15) is 0 Å². The van der Waals surface area contributed by atoms with E-state index in [0.29, 0.717) is 29.2 Å². The number of likely N-dealkylation sites (tertiary alicyclic amines) is 1. The summed E-state index contributed by atoms with van der Waals surface area (Å²) in [6.07, 6.45) is 3.96. The van der Waals surface area contributed by atoms with Crippen LogP contribution in [0.2, 0.25) is 0 Å². The summed E-state index contributed by atoms with van der Waals surface area (Å²) in [5.74, 6) is 3.15. The second-order valence-corrected chi connectivity index (χ2v) is 7.95. The third-order valence-electron chi connectivity index (χ3n) is 5.31. The molecule has 2 fully saturated rings. The van der Waals surface area contributed by atoms with Gasteiger partial charge in [0.2, 0.25) is 11.8 Å². The van der Waals surface area contributed by atoms with Crippen LogP contribution < -0.4 is 5.73 Å². The molecule has 1 amide bonds. The SMILES string of the molecule is NC1CCC2CN(C(=O)CSCc3coc(-c4ccccc4)n3)CC12. The summed E-state index contributed by atoms with van der Waals surface area (Å²) in [5, 5.41) is 0. The third kappa shape index (κ3) is 3.60. The Morgan fingerprint density at radius 3 is 2.92 bits per heavy atom. The lowest BCUT2D eigenvalue weighted by atomic mass is 9.98. The van der Waals surface area contributed by atoms with E-state index in [1.54, 1.807) is 18.0 Å². The molecule has 3 unspecified atom stereocenters. The van der Waals surface area contributed by atoms with Gasteiger partial charge < -0.3 is 15.1 Å². The lowest BCUT2D eigenvalue weighted by Gasteiger charge is -2.18. The number of rotatable bonds is 5. The van der Waals surface area contributed by atoms with Gasteiger partial charge in [0.15, 0.2) is 0 Å². The van der Waals surface area contributed by atoms with E-state index in [-0.39, 0.29) is 11.9 Å². The number of carbonyl (C=O) groups is 1. The fourth-order valence-corrected chi connectivity index (χ4v) is 4.73. The zero-order valence-electron chi connectivity index (χ0n) is 14.1. The van der Waals surface area contributed by atoms with Crippen LogP contribution in [0.25, 0.3) is 11.5 Å². The van der Waals surface area contributed by atoms with Gasteiger partial charge in [-0.05, 0) is 36.8 Å². The zero-order valence-corrected chi connectivity index (χ0v) is 15.0. The van der Waals surface area contributed by atoms with Gasteiger partial charge >= 0.3 is 0 Å². The van der Waals surface area contributed by atoms with Crippen LogP contribution in [0.4, 0.5) is 0 Å². The summed E-state index contributed by atoms with van der Waals surface area (Å²) in [5.41, 5.74) is 7.99. The van der Waals surface area contributed by atoms with E-state index in [4.69, 9.17) is 10.2 Å². The van der Waals surface area contributed by atoms with Gasteiger partial charge in [-0.1, -0.05) is 18.2 Å². The van der Waals surface area contributed by atoms with E-state index >= 15 is 0 Å². The van der Waals surface area contributed by atoms with Crippen molar-refractivity contribution in [3.8, 4) is 11.5 Å². The number of thioether (sulfide) groups is 1. The monoisotopic (exact) mass is 357 g/mol. The minimum atomic E-state index is 0.221. The number of amides is 1. The number of nitrogens with two attached hydrogens (primary N) is 1. The van der Waals surface area contributed by atoms with Crippen LogP contribution in [0, 0.1) is 11.8 Å². The van der Waals surface area contributed by atoms with E-state index in [2.05, 4.69) is 4.98 Å². The number of carbonyl (C=O) groups excluding carboxylic acids is 1. The standard InChI is InChI=1S/C19H23N3O2S/c20-17-7-6-14-8-22(9-16(14)17)18(23)12-25-11-15-10-24-19(21-15)13-4-2-1-3-5-13/h1-5,10,14,16-17H,6-9,11-12,20H2. The van der Waals surface area contributed by atoms with Crippen molar-refractivity contribution in [1.29, 1.82) is 0 Å². The van der Waals surface area contributed by atoms with E-state index in [9.17, 15) is 4.79 Å². The number of hydrogen-bond acceptors (Lipinski definition) is 5. The van der Waals surface area contributed by atoms with Gasteiger partial charge in [0.1, 0.15) is 6.26 Å². The predicted molar refractivity (Wildman–Crippen MR) is 98.9 cm³/mol. The molecule has 0 bridgehead atoms. The fraction of sp³-hybridized carbons (Fsp3) is 0.474. The quantitative estimate of drug-likeness (QED) is 0.891. The molecule has 2 heterocycles. The molecule has 2 aromatic rings. The predicted octanol–water partition coefficient (Wildman–Crippen LogP) is 2.77. The molecular formula is C19H23N3O2S. The fourth-order valence-electron chi connectivity index (χ4n) is 3.93. The highest BCUT2D eigenvalue weighted by atomic mass is 32.2. The highest BCUT2D eigenvalue weighted by molar-refractivity contribution is 7.99. The normalized spacial score (nSPS) is 25.3. The van der Waals surface area contributed by atoms with Crippen molar-refractivity contribution in [3.63, 3.8) is 0 Å². The van der Waals surface area contributed by atoms with Gasteiger partial charge in [-0.25, -0.2) is 4.98 Å². The van der Waals surface area contributed by atoms with Crippen molar-refractivity contribution in [3.05, 3.63) is 42.3 Å². The van der Waals surface area contributed by atoms with Crippen molar-refractivity contribution in [1.82, 2.24) is 9.88 Å². The van der Waals surface area contributed by atoms with E-state index in [1.165, 1.54) is 6.42 Å². The molecule has 5 nitrogen and oxygen atoms in total. The van der Waals surface area contributed by atoms with E-state index < -0.39 is 0 Å². The Morgan fingerprint density at radius 1 is 1.28 bits per heavy atom. The largest absolute Gasteiger partial charge is 0.444 e. The number of hydrogen-bond donors (Lipinski definition) is 1. The molecule has 0 radical (unpaired) electrons. The summed E-state index contributed by atoms with van der Waals surface area (Å²) >= 11 is 1.59. The van der Waals surface area contributed by atoms with Crippen molar-refractivity contribution in [2.45, 2.75) is 24.6 Å². The summed E-state index contributed by atoms with van der Waals surface area (Å²) in [6, 6.07) is 10.1. The molecule has 1 aliphatic carbocycles. The molecule has 1 aliphatic heterocycles. The van der Waals surface area contributed by atoms with Crippen LogP contribution in [0.15, 0.2) is 41.0 Å². The van der Waals surface area contributed by atoms with Gasteiger partial charge in [-0.3, -0.25) is 4.79 Å². The minimum Gasteiger partial charge on any atom is -0.444 e. The number of aromatic nitrogens is 1. The molecule has 2 N–H and O–H groups in total. The molecule has 1 aromatic carbocycles. The van der Waals surface area contributed by atoms with Crippen molar-refractivity contribution >= 4 is 17.7 Å². The number of benzene rings is 1. The van der Waals surface area contributed by atoms with Crippen molar-refractivity contribution in [2.24, 2.45) is 17.6 Å². The molecule has 1 saturated heterocycles. The molecule has 4 rings (SSSR count). The Bertz CT molecular complexity index is 733. The number of fused-ring (bicyclic) bond motifs is 1. The van der Waals surface area contributed by atoms with Crippen LogP contribution in [0.3, 0.4) is 0 Å². The molecule has 1 aromatic heterocycles. The topological polar surface area (TPSA) is 72.4 Å². The molecule has 0 spiro atoms. The first-order valence-electron chi connectivity index (χ1n) is 8.81. The first kappa shape index (κ1) is 16.7. The maximum atomic E-state index is 12.4. The van der Waals surface area contributed by atoms with Crippen molar-refractivity contribution < 1.29 is 9.21 Å². The Hall–Kier alpha value is -1.79. The average molecular weight is 357 g/mol. The third-order valence-corrected chi connectivity index (χ3v) is 6.26. The maximum absolute atomic E-state index is 12.4. The molecule has 132 valence electrons. The number of oxazole rings is 1. The van der Waals surface area contributed by atoms with Gasteiger partial charge in [0, 0.05) is 30.4 Å². The smallest absolute Gasteiger partial charge is 0.232 e. The Balaban J connectivity index is 1.26. The van der Waals surface area contributed by atoms with Crippen molar-refractivity contribution in [2.75, 3.05) is 18.8 Å². The first-order valence-corrected chi connectivity index (χ1v) is 9.97. The summed E-state index contributed by atoms with van der Waals surface area (Å²) in [6.45, 7) is 1.73. The van der Waals surface area contributed by atoms with Gasteiger partial charge in [0.05, 0.1) is 11.4 Å². The van der Waals surface area contributed by atoms with Crippen LogP contribution in [0.5, 0.6) is 0 Å². The van der Waals surface area contributed by atoms with Crippen LogP contribution in [-0.2, 0) is 10.5 Å². The first-order chi connectivity index (χ1) is 12.2. The van der Waals surface area contributed by atoms with Gasteiger partial charge in [-0.15, -0.1) is 11.8 Å². The second-order valence-electron chi connectivity index (χ2n) is 6.97. The highest BCUT2D eigenvalue weighted by Gasteiger charge is 2.42. The lowest BCUT2D eigenvalue weighted by Crippen LogP contribution is -2.34. The molecule has 25 heavy (non-hydrogen) atoms. The van der Waals surface area contributed by atoms with E-state index in [0.717, 1.165) is 30.8 Å². The number of nitrogens with zero attached hydrogens (tertiary/aromatic N) is 2. The maximum Gasteiger partial charge on any atom is 0.232 e.